The van der Waals surface area contributed by atoms with Gasteiger partial charge < -0.3 is 10.6 Å². The highest BCUT2D eigenvalue weighted by Crippen LogP contribution is 2.25. The van der Waals surface area contributed by atoms with Crippen LogP contribution in [0, 0.1) is 0 Å². The third-order valence-corrected chi connectivity index (χ3v) is 3.96. The van der Waals surface area contributed by atoms with Crippen LogP contribution in [0.2, 0.25) is 0 Å². The predicted octanol–water partition coefficient (Wildman–Crippen LogP) is 1.67. The van der Waals surface area contributed by atoms with Gasteiger partial charge in [-0.05, 0) is 23.7 Å². The molecule has 1 aliphatic heterocycles. The Morgan fingerprint density at radius 1 is 1.38 bits per heavy atom. The minimum Gasteiger partial charge on any atom is -0.383 e. The van der Waals surface area contributed by atoms with Gasteiger partial charge in [-0.15, -0.1) is 0 Å². The van der Waals surface area contributed by atoms with Gasteiger partial charge in [0, 0.05) is 24.9 Å². The van der Waals surface area contributed by atoms with Gasteiger partial charge in [0.1, 0.15) is 10.8 Å². The highest BCUT2D eigenvalue weighted by atomic mass is 32.2. The lowest BCUT2D eigenvalue weighted by Crippen LogP contribution is -2.24. The Kier molecular flexibility index (Phi) is 2.95. The number of anilines is 2. The first-order valence-corrected chi connectivity index (χ1v) is 6.34. The van der Waals surface area contributed by atoms with E-state index in [1.807, 2.05) is 17.8 Å². The fourth-order valence-corrected chi connectivity index (χ4v) is 3.00. The molecule has 0 unspecified atom stereocenters. The summed E-state index contributed by atoms with van der Waals surface area (Å²) in [5.41, 5.74) is 5.59. The molecule has 5 heteroatoms. The van der Waals surface area contributed by atoms with Crippen LogP contribution in [0.3, 0.4) is 0 Å². The highest BCUT2D eigenvalue weighted by molar-refractivity contribution is 7.99. The largest absolute Gasteiger partial charge is 0.383 e. The maximum atomic E-state index is 5.59. The van der Waals surface area contributed by atoms with Crippen molar-refractivity contribution in [1.29, 1.82) is 0 Å². The van der Waals surface area contributed by atoms with Crippen LogP contribution >= 0.6 is 23.3 Å². The molecule has 0 spiro atoms. The molecule has 13 heavy (non-hydrogen) atoms. The standard InChI is InChI=1S/C8H13N3S2/c9-7-6-8(13-10-7)11-2-1-4-12-5-3-11/h6H,1-5H2,(H2,9,10). The number of nitrogen functional groups attached to an aromatic ring is 1. The summed E-state index contributed by atoms with van der Waals surface area (Å²) in [6.07, 6.45) is 1.27. The normalized spacial score (nSPS) is 18.6. The van der Waals surface area contributed by atoms with Crippen LogP contribution in [0.5, 0.6) is 0 Å². The van der Waals surface area contributed by atoms with E-state index in [9.17, 15) is 0 Å². The molecule has 3 nitrogen and oxygen atoms in total. The molecule has 0 aromatic carbocycles. The van der Waals surface area contributed by atoms with Gasteiger partial charge >= 0.3 is 0 Å². The molecular weight excluding hydrogens is 202 g/mol. The molecular formula is C8H13N3S2. The van der Waals surface area contributed by atoms with Crippen molar-refractivity contribution in [1.82, 2.24) is 4.37 Å². The third kappa shape index (κ3) is 2.28. The van der Waals surface area contributed by atoms with Gasteiger partial charge in [0.2, 0.25) is 0 Å². The van der Waals surface area contributed by atoms with E-state index >= 15 is 0 Å². The van der Waals surface area contributed by atoms with Gasteiger partial charge in [-0.3, -0.25) is 0 Å². The summed E-state index contributed by atoms with van der Waals surface area (Å²) < 4.78 is 4.09. The topological polar surface area (TPSA) is 42.1 Å². The lowest BCUT2D eigenvalue weighted by atomic mass is 10.4. The van der Waals surface area contributed by atoms with Gasteiger partial charge in [-0.2, -0.15) is 16.1 Å². The van der Waals surface area contributed by atoms with Crippen LogP contribution < -0.4 is 10.6 Å². The smallest absolute Gasteiger partial charge is 0.139 e. The lowest BCUT2D eigenvalue weighted by molar-refractivity contribution is 0.824. The van der Waals surface area contributed by atoms with Crippen molar-refractivity contribution in [2.45, 2.75) is 6.42 Å². The number of hydrogen-bond acceptors (Lipinski definition) is 5. The second-order valence-electron chi connectivity index (χ2n) is 3.04. The summed E-state index contributed by atoms with van der Waals surface area (Å²) in [5.74, 6) is 3.15. The maximum absolute atomic E-state index is 5.59. The van der Waals surface area contributed by atoms with E-state index in [0.29, 0.717) is 5.82 Å². The third-order valence-electron chi connectivity index (χ3n) is 2.05. The quantitative estimate of drug-likeness (QED) is 0.774. The maximum Gasteiger partial charge on any atom is 0.139 e. The minimum atomic E-state index is 0.650. The first-order valence-electron chi connectivity index (χ1n) is 4.41. The molecule has 0 saturated carbocycles. The van der Waals surface area contributed by atoms with Crippen molar-refractivity contribution in [3.05, 3.63) is 6.07 Å². The van der Waals surface area contributed by atoms with Gasteiger partial charge in [0.05, 0.1) is 0 Å². The van der Waals surface area contributed by atoms with E-state index in [1.165, 1.54) is 34.5 Å². The fourth-order valence-electron chi connectivity index (χ4n) is 1.39. The summed E-state index contributed by atoms with van der Waals surface area (Å²) in [6, 6.07) is 1.97. The molecule has 2 N–H and O–H groups in total. The molecule has 2 heterocycles. The molecule has 72 valence electrons. The molecule has 1 aromatic heterocycles. The first-order chi connectivity index (χ1) is 6.36. The minimum absolute atomic E-state index is 0.650. The molecule has 1 saturated heterocycles. The van der Waals surface area contributed by atoms with E-state index < -0.39 is 0 Å². The zero-order chi connectivity index (χ0) is 9.10. The number of nitrogens with zero attached hydrogens (tertiary/aromatic N) is 2. The first kappa shape index (κ1) is 9.15. The summed E-state index contributed by atoms with van der Waals surface area (Å²) in [6.45, 7) is 2.28. The zero-order valence-corrected chi connectivity index (χ0v) is 9.03. The van der Waals surface area contributed by atoms with Gasteiger partial charge in [0.25, 0.3) is 0 Å². The Morgan fingerprint density at radius 2 is 2.31 bits per heavy atom. The lowest BCUT2D eigenvalue weighted by Gasteiger charge is -2.18. The Labute approximate surface area is 86.5 Å². The molecule has 0 aliphatic carbocycles. The average molecular weight is 215 g/mol. The molecule has 0 radical (unpaired) electrons. The number of thioether (sulfide) groups is 1. The van der Waals surface area contributed by atoms with Gasteiger partial charge in [-0.25, -0.2) is 0 Å². The summed E-state index contributed by atoms with van der Waals surface area (Å²) in [4.78, 5) is 2.38. The van der Waals surface area contributed by atoms with Gasteiger partial charge in [-0.1, -0.05) is 0 Å². The van der Waals surface area contributed by atoms with Crippen molar-refractivity contribution >= 4 is 34.1 Å². The zero-order valence-electron chi connectivity index (χ0n) is 7.40. The van der Waals surface area contributed by atoms with Crippen molar-refractivity contribution in [2.24, 2.45) is 0 Å². The summed E-state index contributed by atoms with van der Waals surface area (Å²) in [7, 11) is 0. The second kappa shape index (κ2) is 4.19. The molecule has 0 atom stereocenters. The Morgan fingerprint density at radius 3 is 3.08 bits per heavy atom. The van der Waals surface area contributed by atoms with Crippen molar-refractivity contribution in [2.75, 3.05) is 35.2 Å². The number of nitrogens with two attached hydrogens (primary N) is 1. The Hall–Kier alpha value is -0.420. The van der Waals surface area contributed by atoms with Crippen LogP contribution in [0.25, 0.3) is 0 Å². The van der Waals surface area contributed by atoms with Crippen molar-refractivity contribution in [3.8, 4) is 0 Å². The molecule has 1 fully saturated rings. The Balaban J connectivity index is 2.06. The van der Waals surface area contributed by atoms with Crippen LogP contribution in [0.15, 0.2) is 6.07 Å². The van der Waals surface area contributed by atoms with Crippen LogP contribution in [-0.2, 0) is 0 Å². The number of aromatic nitrogens is 1. The molecule has 0 bridgehead atoms. The van der Waals surface area contributed by atoms with E-state index in [2.05, 4.69) is 9.27 Å². The fraction of sp³-hybridized carbons (Fsp3) is 0.625. The van der Waals surface area contributed by atoms with Crippen LogP contribution in [-0.4, -0.2) is 29.0 Å². The SMILES string of the molecule is Nc1cc(N2CCCSCC2)sn1. The van der Waals surface area contributed by atoms with E-state index in [0.717, 1.165) is 13.1 Å². The Bertz CT molecular complexity index is 266. The molecule has 0 amide bonds. The number of hydrogen-bond donors (Lipinski definition) is 1. The summed E-state index contributed by atoms with van der Waals surface area (Å²) in [5, 5.41) is 1.22. The highest BCUT2D eigenvalue weighted by Gasteiger charge is 2.11. The molecule has 1 aliphatic rings. The average Bonchev–Trinajstić information content (AvgIpc) is 2.43. The van der Waals surface area contributed by atoms with Crippen molar-refractivity contribution in [3.63, 3.8) is 0 Å². The number of rotatable bonds is 1. The molecule has 1 aromatic rings. The second-order valence-corrected chi connectivity index (χ2v) is 5.05. The van der Waals surface area contributed by atoms with Crippen LogP contribution in [0.4, 0.5) is 10.8 Å². The monoisotopic (exact) mass is 215 g/mol. The van der Waals surface area contributed by atoms with Crippen LogP contribution in [0.1, 0.15) is 6.42 Å². The summed E-state index contributed by atoms with van der Waals surface area (Å²) >= 11 is 3.54. The van der Waals surface area contributed by atoms with E-state index in [-0.39, 0.29) is 0 Å². The molecule has 2 rings (SSSR count). The van der Waals surface area contributed by atoms with Crippen molar-refractivity contribution < 1.29 is 0 Å². The van der Waals surface area contributed by atoms with E-state index in [1.54, 1.807) is 0 Å². The predicted molar refractivity (Wildman–Crippen MR) is 60.7 cm³/mol. The van der Waals surface area contributed by atoms with Gasteiger partial charge in [0.15, 0.2) is 0 Å². The van der Waals surface area contributed by atoms with E-state index in [4.69, 9.17) is 5.73 Å².